The number of hydrogen-bond donors (Lipinski definition) is 0. The van der Waals surface area contributed by atoms with Crippen LogP contribution in [-0.2, 0) is 21.3 Å². The van der Waals surface area contributed by atoms with Crippen LogP contribution in [0, 0.1) is 0 Å². The number of rotatable bonds is 6. The molecule has 0 radical (unpaired) electrons. The van der Waals surface area contributed by atoms with Crippen molar-refractivity contribution in [1.29, 1.82) is 0 Å². The normalized spacial score (nSPS) is 16.2. The number of sulfonamides is 1. The lowest BCUT2D eigenvalue weighted by molar-refractivity contribution is 0.0526. The van der Waals surface area contributed by atoms with Crippen LogP contribution in [0.1, 0.15) is 22.8 Å². The predicted octanol–water partition coefficient (Wildman–Crippen LogP) is 1.76. The van der Waals surface area contributed by atoms with E-state index in [0.29, 0.717) is 26.2 Å². The molecule has 0 N–H and O–H groups in total. The van der Waals surface area contributed by atoms with Gasteiger partial charge in [-0.2, -0.15) is 4.31 Å². The van der Waals surface area contributed by atoms with Crippen molar-refractivity contribution in [1.82, 2.24) is 14.2 Å². The molecule has 0 aliphatic carbocycles. The second kappa shape index (κ2) is 8.60. The number of nitrogens with zero attached hydrogens (tertiary/aromatic N) is 3. The van der Waals surface area contributed by atoms with Crippen molar-refractivity contribution in [3.05, 3.63) is 59.9 Å². The van der Waals surface area contributed by atoms with E-state index in [2.05, 4.69) is 9.88 Å². The Balaban J connectivity index is 1.66. The summed E-state index contributed by atoms with van der Waals surface area (Å²) in [5.74, 6) is -0.517. The van der Waals surface area contributed by atoms with Gasteiger partial charge in [-0.25, -0.2) is 13.2 Å². The topological polar surface area (TPSA) is 79.8 Å². The Morgan fingerprint density at radius 3 is 2.48 bits per heavy atom. The molecule has 8 heteroatoms. The molecule has 27 heavy (non-hydrogen) atoms. The zero-order chi connectivity index (χ0) is 19.3. The Bertz CT molecular complexity index is 879. The number of esters is 1. The lowest BCUT2D eigenvalue weighted by Gasteiger charge is -2.34. The molecule has 0 unspecified atom stereocenters. The Kier molecular flexibility index (Phi) is 6.20. The monoisotopic (exact) mass is 389 g/mol. The van der Waals surface area contributed by atoms with Gasteiger partial charge in [0.15, 0.2) is 0 Å². The van der Waals surface area contributed by atoms with Crippen molar-refractivity contribution in [2.45, 2.75) is 18.4 Å². The third-order valence-corrected chi connectivity index (χ3v) is 6.36. The fraction of sp³-hybridized carbons (Fsp3) is 0.368. The Morgan fingerprint density at radius 1 is 1.11 bits per heavy atom. The molecule has 1 fully saturated rings. The van der Waals surface area contributed by atoms with Crippen LogP contribution in [0.5, 0.6) is 0 Å². The van der Waals surface area contributed by atoms with Crippen LogP contribution in [0.15, 0.2) is 53.7 Å². The first-order chi connectivity index (χ1) is 13.0. The minimum Gasteiger partial charge on any atom is -0.462 e. The predicted molar refractivity (Wildman–Crippen MR) is 101 cm³/mol. The molecule has 0 bridgehead atoms. The van der Waals surface area contributed by atoms with Crippen LogP contribution in [0.25, 0.3) is 0 Å². The standard InChI is InChI=1S/C19H23N3O4S/c1-2-26-19(23)17-4-3-5-18(14-17)27(24,25)22-12-10-21(11-13-22)15-16-6-8-20-9-7-16/h3-9,14H,2,10-13,15H2,1H3. The zero-order valence-corrected chi connectivity index (χ0v) is 16.1. The van der Waals surface area contributed by atoms with E-state index in [-0.39, 0.29) is 17.1 Å². The third kappa shape index (κ3) is 4.71. The molecule has 2 heterocycles. The molecule has 0 amide bonds. The molecule has 0 spiro atoms. The van der Waals surface area contributed by atoms with Gasteiger partial charge in [0, 0.05) is 45.1 Å². The highest BCUT2D eigenvalue weighted by Crippen LogP contribution is 2.20. The lowest BCUT2D eigenvalue weighted by Crippen LogP contribution is -2.48. The van der Waals surface area contributed by atoms with Gasteiger partial charge in [-0.05, 0) is 42.8 Å². The number of benzene rings is 1. The van der Waals surface area contributed by atoms with E-state index in [1.165, 1.54) is 16.4 Å². The lowest BCUT2D eigenvalue weighted by atomic mass is 10.2. The maximum atomic E-state index is 12.9. The molecular formula is C19H23N3O4S. The average molecular weight is 389 g/mol. The van der Waals surface area contributed by atoms with Gasteiger partial charge < -0.3 is 4.74 Å². The maximum Gasteiger partial charge on any atom is 0.338 e. The minimum absolute atomic E-state index is 0.121. The van der Waals surface area contributed by atoms with Crippen LogP contribution < -0.4 is 0 Å². The molecule has 1 aliphatic rings. The Labute approximate surface area is 159 Å². The first kappa shape index (κ1) is 19.5. The van der Waals surface area contributed by atoms with Gasteiger partial charge in [0.1, 0.15) is 0 Å². The number of piperazine rings is 1. The van der Waals surface area contributed by atoms with Crippen LogP contribution in [0.4, 0.5) is 0 Å². The number of carbonyl (C=O) groups is 1. The van der Waals surface area contributed by atoms with Gasteiger partial charge in [0.05, 0.1) is 17.1 Å². The van der Waals surface area contributed by atoms with Crippen LogP contribution in [0.2, 0.25) is 0 Å². The highest BCUT2D eigenvalue weighted by Gasteiger charge is 2.29. The second-order valence-electron chi connectivity index (χ2n) is 6.28. The molecule has 1 saturated heterocycles. The van der Waals surface area contributed by atoms with E-state index in [4.69, 9.17) is 4.74 Å². The summed E-state index contributed by atoms with van der Waals surface area (Å²) in [5.41, 5.74) is 1.40. The van der Waals surface area contributed by atoms with Gasteiger partial charge in [0.2, 0.25) is 10.0 Å². The largest absolute Gasteiger partial charge is 0.462 e. The van der Waals surface area contributed by atoms with Crippen molar-refractivity contribution >= 4 is 16.0 Å². The highest BCUT2D eigenvalue weighted by molar-refractivity contribution is 7.89. The summed E-state index contributed by atoms with van der Waals surface area (Å²) in [7, 11) is -3.64. The van der Waals surface area contributed by atoms with E-state index in [1.807, 2.05) is 12.1 Å². The van der Waals surface area contributed by atoms with E-state index < -0.39 is 16.0 Å². The smallest absolute Gasteiger partial charge is 0.338 e. The molecule has 0 atom stereocenters. The molecule has 144 valence electrons. The summed E-state index contributed by atoms with van der Waals surface area (Å²) < 4.78 is 32.3. The van der Waals surface area contributed by atoms with Gasteiger partial charge in [-0.1, -0.05) is 6.07 Å². The summed E-state index contributed by atoms with van der Waals surface area (Å²) >= 11 is 0. The molecular weight excluding hydrogens is 366 g/mol. The molecule has 3 rings (SSSR count). The fourth-order valence-electron chi connectivity index (χ4n) is 3.02. The van der Waals surface area contributed by atoms with Crippen LogP contribution in [-0.4, -0.2) is 61.4 Å². The zero-order valence-electron chi connectivity index (χ0n) is 15.2. The fourth-order valence-corrected chi connectivity index (χ4v) is 4.49. The number of carbonyl (C=O) groups excluding carboxylic acids is 1. The maximum absolute atomic E-state index is 12.9. The molecule has 2 aromatic rings. The van der Waals surface area contributed by atoms with Gasteiger partial charge in [-0.3, -0.25) is 9.88 Å². The summed E-state index contributed by atoms with van der Waals surface area (Å²) in [6.07, 6.45) is 3.51. The molecule has 1 aliphatic heterocycles. The molecule has 0 saturated carbocycles. The number of hydrogen-bond acceptors (Lipinski definition) is 6. The van der Waals surface area contributed by atoms with Crippen LogP contribution in [0.3, 0.4) is 0 Å². The first-order valence-electron chi connectivity index (χ1n) is 8.89. The summed E-state index contributed by atoms with van der Waals surface area (Å²) in [5, 5.41) is 0. The number of ether oxygens (including phenoxy) is 1. The number of aromatic nitrogens is 1. The van der Waals surface area contributed by atoms with Crippen molar-refractivity contribution in [3.8, 4) is 0 Å². The van der Waals surface area contributed by atoms with Crippen molar-refractivity contribution in [2.24, 2.45) is 0 Å². The van der Waals surface area contributed by atoms with Crippen molar-refractivity contribution < 1.29 is 17.9 Å². The quantitative estimate of drug-likeness (QED) is 0.701. The van der Waals surface area contributed by atoms with Crippen molar-refractivity contribution in [2.75, 3.05) is 32.8 Å². The molecule has 1 aromatic heterocycles. The highest BCUT2D eigenvalue weighted by atomic mass is 32.2. The van der Waals surface area contributed by atoms with Gasteiger partial charge in [-0.15, -0.1) is 0 Å². The summed E-state index contributed by atoms with van der Waals surface area (Å²) in [6, 6.07) is 9.95. The third-order valence-electron chi connectivity index (χ3n) is 4.47. The molecule has 1 aromatic carbocycles. The summed E-state index contributed by atoms with van der Waals surface area (Å²) in [6.45, 7) is 4.86. The average Bonchev–Trinajstić information content (AvgIpc) is 2.69. The Morgan fingerprint density at radius 2 is 1.81 bits per heavy atom. The SMILES string of the molecule is CCOC(=O)c1cccc(S(=O)(=O)N2CCN(Cc3ccncc3)CC2)c1. The summed E-state index contributed by atoms with van der Waals surface area (Å²) in [4.78, 5) is 18.2. The van der Waals surface area contributed by atoms with Crippen molar-refractivity contribution in [3.63, 3.8) is 0 Å². The Hall–Kier alpha value is -2.29. The van der Waals surface area contributed by atoms with E-state index >= 15 is 0 Å². The van der Waals surface area contributed by atoms with E-state index in [0.717, 1.165) is 12.1 Å². The van der Waals surface area contributed by atoms with Gasteiger partial charge in [0.25, 0.3) is 0 Å². The second-order valence-corrected chi connectivity index (χ2v) is 8.22. The van der Waals surface area contributed by atoms with Crippen LogP contribution >= 0.6 is 0 Å². The van der Waals surface area contributed by atoms with E-state index in [1.54, 1.807) is 31.5 Å². The first-order valence-corrected chi connectivity index (χ1v) is 10.3. The van der Waals surface area contributed by atoms with Gasteiger partial charge >= 0.3 is 5.97 Å². The molecule has 7 nitrogen and oxygen atoms in total. The van der Waals surface area contributed by atoms with E-state index in [9.17, 15) is 13.2 Å². The minimum atomic E-state index is -3.64. The number of pyridine rings is 1.